The fourth-order valence-electron chi connectivity index (χ4n) is 2.67. The highest BCUT2D eigenvalue weighted by atomic mass is 127. The molecule has 142 valence electrons. The van der Waals surface area contributed by atoms with Gasteiger partial charge < -0.3 is 20.3 Å². The molecule has 1 fully saturated rings. The van der Waals surface area contributed by atoms with Gasteiger partial charge in [0.05, 0.1) is 6.61 Å². The minimum absolute atomic E-state index is 0. The normalized spacial score (nSPS) is 15.4. The van der Waals surface area contributed by atoms with Crippen LogP contribution in [-0.4, -0.2) is 55.8 Å². The van der Waals surface area contributed by atoms with Crippen molar-refractivity contribution in [1.29, 1.82) is 0 Å². The average Bonchev–Trinajstić information content (AvgIpc) is 3.09. The topological polar surface area (TPSA) is 66.0 Å². The Bertz CT molecular complexity index is 517. The number of rotatable bonds is 6. The summed E-state index contributed by atoms with van der Waals surface area (Å²) in [6, 6.07) is 4.56. The number of amides is 1. The first kappa shape index (κ1) is 22.0. The predicted molar refractivity (Wildman–Crippen MR) is 114 cm³/mol. The molecular formula is C17H29IN4O2S. The van der Waals surface area contributed by atoms with Gasteiger partial charge in [0, 0.05) is 43.5 Å². The highest BCUT2D eigenvalue weighted by Crippen LogP contribution is 2.12. The molecule has 6 nitrogen and oxygen atoms in total. The van der Waals surface area contributed by atoms with Crippen molar-refractivity contribution >= 4 is 47.4 Å². The van der Waals surface area contributed by atoms with E-state index in [1.165, 1.54) is 4.88 Å². The molecule has 1 amide bonds. The van der Waals surface area contributed by atoms with Gasteiger partial charge in [0.15, 0.2) is 5.96 Å². The molecule has 1 aromatic rings. The van der Waals surface area contributed by atoms with E-state index in [9.17, 15) is 4.79 Å². The summed E-state index contributed by atoms with van der Waals surface area (Å²) in [6.07, 6.45) is 2.59. The summed E-state index contributed by atoms with van der Waals surface area (Å²) in [6.45, 7) is 7.40. The zero-order valence-electron chi connectivity index (χ0n) is 15.0. The van der Waals surface area contributed by atoms with Crippen LogP contribution in [0.2, 0.25) is 0 Å². The molecule has 0 radical (unpaired) electrons. The average molecular weight is 480 g/mol. The first-order valence-electron chi connectivity index (χ1n) is 8.71. The third-order valence-electron chi connectivity index (χ3n) is 3.91. The Hall–Kier alpha value is -1.03. The van der Waals surface area contributed by atoms with Gasteiger partial charge in [-0.05, 0) is 38.1 Å². The van der Waals surface area contributed by atoms with E-state index in [1.807, 2.05) is 6.92 Å². The molecule has 0 unspecified atom stereocenters. The summed E-state index contributed by atoms with van der Waals surface area (Å²) in [5.74, 6) is 0.864. The van der Waals surface area contributed by atoms with E-state index in [-0.39, 0.29) is 30.1 Å². The lowest BCUT2D eigenvalue weighted by Gasteiger charge is -2.32. The van der Waals surface area contributed by atoms with Crippen LogP contribution in [-0.2, 0) is 11.2 Å². The van der Waals surface area contributed by atoms with Crippen molar-refractivity contribution in [2.45, 2.75) is 39.2 Å². The molecule has 25 heavy (non-hydrogen) atoms. The number of guanidine groups is 1. The van der Waals surface area contributed by atoms with Gasteiger partial charge in [-0.2, -0.15) is 0 Å². The molecule has 1 saturated heterocycles. The van der Waals surface area contributed by atoms with E-state index in [0.717, 1.165) is 51.4 Å². The zero-order valence-corrected chi connectivity index (χ0v) is 18.1. The number of piperidine rings is 1. The fourth-order valence-corrected chi connectivity index (χ4v) is 3.37. The van der Waals surface area contributed by atoms with E-state index in [1.54, 1.807) is 16.2 Å². The Labute approximate surface area is 171 Å². The lowest BCUT2D eigenvalue weighted by atomic mass is 10.1. The molecule has 2 N–H and O–H groups in total. The van der Waals surface area contributed by atoms with Crippen LogP contribution in [0.3, 0.4) is 0 Å². The van der Waals surface area contributed by atoms with Crippen molar-refractivity contribution in [1.82, 2.24) is 15.5 Å². The molecule has 1 aromatic heterocycles. The number of likely N-dealkylation sites (tertiary alicyclic amines) is 1. The summed E-state index contributed by atoms with van der Waals surface area (Å²) in [5, 5.41) is 8.89. The van der Waals surface area contributed by atoms with E-state index in [0.29, 0.717) is 12.6 Å². The standard InChI is InChI=1S/C17H28N4O2S.HI/c1-3-18-16(19-10-7-15-6-5-13-24-15)20-14-8-11-21(12-9-14)17(22)23-4-2;/h5-6,13-14H,3-4,7-12H2,1-2H3,(H2,18,19,20);1H. The highest BCUT2D eigenvalue weighted by Gasteiger charge is 2.23. The predicted octanol–water partition coefficient (Wildman–Crippen LogP) is 3.08. The van der Waals surface area contributed by atoms with Crippen LogP contribution < -0.4 is 10.6 Å². The van der Waals surface area contributed by atoms with Gasteiger partial charge >= 0.3 is 6.09 Å². The molecule has 0 aromatic carbocycles. The van der Waals surface area contributed by atoms with Crippen molar-refractivity contribution in [2.75, 3.05) is 32.8 Å². The Morgan fingerprint density at radius 1 is 1.40 bits per heavy atom. The van der Waals surface area contributed by atoms with Crippen molar-refractivity contribution in [2.24, 2.45) is 4.99 Å². The first-order valence-corrected chi connectivity index (χ1v) is 9.59. The van der Waals surface area contributed by atoms with Gasteiger partial charge in [-0.25, -0.2) is 4.79 Å². The molecule has 0 spiro atoms. The molecule has 1 aliphatic heterocycles. The van der Waals surface area contributed by atoms with Crippen LogP contribution in [0.15, 0.2) is 22.5 Å². The minimum Gasteiger partial charge on any atom is -0.450 e. The lowest BCUT2D eigenvalue weighted by Crippen LogP contribution is -2.50. The molecule has 1 aliphatic rings. The van der Waals surface area contributed by atoms with Crippen LogP contribution in [0, 0.1) is 0 Å². The second kappa shape index (κ2) is 12.3. The van der Waals surface area contributed by atoms with Gasteiger partial charge in [0.1, 0.15) is 0 Å². The number of thiophene rings is 1. The summed E-state index contributed by atoms with van der Waals surface area (Å²) in [5.41, 5.74) is 0. The van der Waals surface area contributed by atoms with Gasteiger partial charge in [-0.1, -0.05) is 6.07 Å². The Kier molecular flexibility index (Phi) is 10.9. The second-order valence-corrected chi connectivity index (χ2v) is 6.73. The van der Waals surface area contributed by atoms with E-state index < -0.39 is 0 Å². The molecule has 0 bridgehead atoms. The number of ether oxygens (including phenoxy) is 1. The number of carbonyl (C=O) groups is 1. The summed E-state index contributed by atoms with van der Waals surface area (Å²) < 4.78 is 5.06. The summed E-state index contributed by atoms with van der Waals surface area (Å²) in [4.78, 5) is 19.5. The molecule has 2 rings (SSSR count). The number of nitrogens with one attached hydrogen (secondary N) is 2. The minimum atomic E-state index is -0.201. The highest BCUT2D eigenvalue weighted by molar-refractivity contribution is 14.0. The van der Waals surface area contributed by atoms with Crippen LogP contribution in [0.25, 0.3) is 0 Å². The Balaban J connectivity index is 0.00000312. The van der Waals surface area contributed by atoms with E-state index >= 15 is 0 Å². The number of hydrogen-bond donors (Lipinski definition) is 2. The van der Waals surface area contributed by atoms with Crippen LogP contribution >= 0.6 is 35.3 Å². The largest absolute Gasteiger partial charge is 0.450 e. The van der Waals surface area contributed by atoms with Crippen LogP contribution in [0.4, 0.5) is 4.79 Å². The molecule has 0 atom stereocenters. The van der Waals surface area contributed by atoms with Crippen LogP contribution in [0.5, 0.6) is 0 Å². The van der Waals surface area contributed by atoms with Gasteiger partial charge in [-0.3, -0.25) is 4.99 Å². The van der Waals surface area contributed by atoms with Crippen molar-refractivity contribution in [3.8, 4) is 0 Å². The third-order valence-corrected chi connectivity index (χ3v) is 4.85. The maximum Gasteiger partial charge on any atom is 0.409 e. The van der Waals surface area contributed by atoms with Crippen molar-refractivity contribution < 1.29 is 9.53 Å². The quantitative estimate of drug-likeness (QED) is 0.373. The maximum absolute atomic E-state index is 11.7. The number of nitrogens with zero attached hydrogens (tertiary/aromatic N) is 2. The zero-order chi connectivity index (χ0) is 17.2. The summed E-state index contributed by atoms with van der Waals surface area (Å²) in [7, 11) is 0. The smallest absolute Gasteiger partial charge is 0.409 e. The Morgan fingerprint density at radius 3 is 2.76 bits per heavy atom. The Morgan fingerprint density at radius 2 is 2.16 bits per heavy atom. The molecule has 0 saturated carbocycles. The summed E-state index contributed by atoms with van der Waals surface area (Å²) >= 11 is 1.77. The molecule has 8 heteroatoms. The van der Waals surface area contributed by atoms with Crippen molar-refractivity contribution in [3.63, 3.8) is 0 Å². The van der Waals surface area contributed by atoms with Crippen LogP contribution in [0.1, 0.15) is 31.6 Å². The van der Waals surface area contributed by atoms with E-state index in [4.69, 9.17) is 4.74 Å². The molecule has 0 aliphatic carbocycles. The number of carbonyl (C=O) groups excluding carboxylic acids is 1. The van der Waals surface area contributed by atoms with Crippen molar-refractivity contribution in [3.05, 3.63) is 22.4 Å². The third kappa shape index (κ3) is 7.81. The monoisotopic (exact) mass is 480 g/mol. The maximum atomic E-state index is 11.7. The number of halogens is 1. The van der Waals surface area contributed by atoms with E-state index in [2.05, 4.69) is 40.1 Å². The molecule has 2 heterocycles. The number of hydrogen-bond acceptors (Lipinski definition) is 4. The molecular weight excluding hydrogens is 451 g/mol. The SMILES string of the molecule is CCNC(=NCCc1cccs1)NC1CCN(C(=O)OCC)CC1.I. The van der Waals surface area contributed by atoms with Gasteiger partial charge in [-0.15, -0.1) is 35.3 Å². The fraction of sp³-hybridized carbons (Fsp3) is 0.647. The second-order valence-electron chi connectivity index (χ2n) is 5.69. The van der Waals surface area contributed by atoms with Gasteiger partial charge in [0.25, 0.3) is 0 Å². The van der Waals surface area contributed by atoms with Gasteiger partial charge in [0.2, 0.25) is 0 Å². The first-order chi connectivity index (χ1) is 11.7. The number of aliphatic imine (C=N–C) groups is 1. The lowest BCUT2D eigenvalue weighted by molar-refractivity contribution is 0.0963.